The summed E-state index contributed by atoms with van der Waals surface area (Å²) in [7, 11) is 0. The maximum Gasteiger partial charge on any atom is 0.258 e. The van der Waals surface area contributed by atoms with Gasteiger partial charge in [-0.25, -0.2) is 19.0 Å². The number of benzene rings is 1. The number of nitrogens with zero attached hydrogens (tertiary/aromatic N) is 5. The number of hydrogen-bond donors (Lipinski definition) is 1. The largest absolute Gasteiger partial charge is 0.313 e. The standard InChI is InChI=1S/C23H23FN6O/c24-19-3-1-2-18(12-19)17-6-10-29(11-7-17)9-5-16-13-28-30(14-16)22-21-20(4-8-25-22)23(31)27-15-26-21/h1-4,8,12-15,17H,5-7,9-11H2,(H,26,27,31). The zero-order valence-electron chi connectivity index (χ0n) is 17.0. The van der Waals surface area contributed by atoms with Crippen LogP contribution in [0.3, 0.4) is 0 Å². The Labute approximate surface area is 178 Å². The lowest BCUT2D eigenvalue weighted by molar-refractivity contribution is 0.214. The quantitative estimate of drug-likeness (QED) is 0.539. The number of halogens is 1. The number of rotatable bonds is 5. The SMILES string of the molecule is O=c1[nH]cnc2c(-n3cc(CCN4CCC(c5cccc(F)c5)CC4)cn3)nccc12. The van der Waals surface area contributed by atoms with Crippen LogP contribution in [0.1, 0.15) is 29.9 Å². The van der Waals surface area contributed by atoms with Crippen LogP contribution in [0.25, 0.3) is 16.7 Å². The molecule has 7 nitrogen and oxygen atoms in total. The molecule has 0 spiro atoms. The molecule has 1 aromatic carbocycles. The predicted octanol–water partition coefficient (Wildman–Crippen LogP) is 3.07. The molecule has 0 atom stereocenters. The number of fused-ring (bicyclic) bond motifs is 1. The minimum atomic E-state index is -0.192. The van der Waals surface area contributed by atoms with Crippen molar-refractivity contribution in [2.24, 2.45) is 0 Å². The molecule has 5 rings (SSSR count). The Morgan fingerprint density at radius 1 is 1.16 bits per heavy atom. The average Bonchev–Trinajstić information content (AvgIpc) is 3.27. The van der Waals surface area contributed by atoms with Crippen LogP contribution in [0.2, 0.25) is 0 Å². The molecule has 31 heavy (non-hydrogen) atoms. The summed E-state index contributed by atoms with van der Waals surface area (Å²) >= 11 is 0. The van der Waals surface area contributed by atoms with Crippen molar-refractivity contribution in [2.45, 2.75) is 25.2 Å². The molecule has 0 unspecified atom stereocenters. The molecule has 158 valence electrons. The Balaban J connectivity index is 1.22. The van der Waals surface area contributed by atoms with Crippen LogP contribution in [0.15, 0.2) is 60.0 Å². The third kappa shape index (κ3) is 4.11. The topological polar surface area (TPSA) is 79.7 Å². The van der Waals surface area contributed by atoms with E-state index in [0.717, 1.165) is 50.0 Å². The van der Waals surface area contributed by atoms with Gasteiger partial charge in [-0.2, -0.15) is 5.10 Å². The fraction of sp³-hybridized carbons (Fsp3) is 0.304. The van der Waals surface area contributed by atoms with Crippen molar-refractivity contribution in [3.8, 4) is 5.82 Å². The third-order valence-electron chi connectivity index (χ3n) is 6.02. The van der Waals surface area contributed by atoms with Crippen LogP contribution in [0, 0.1) is 5.82 Å². The van der Waals surface area contributed by atoms with E-state index >= 15 is 0 Å². The van der Waals surface area contributed by atoms with Crippen molar-refractivity contribution in [1.29, 1.82) is 0 Å². The molecule has 0 aliphatic carbocycles. The number of nitrogens with one attached hydrogen (secondary N) is 1. The van der Waals surface area contributed by atoms with Gasteiger partial charge in [-0.1, -0.05) is 12.1 Å². The van der Waals surface area contributed by atoms with Gasteiger partial charge in [-0.05, 0) is 67.6 Å². The van der Waals surface area contributed by atoms with Crippen LogP contribution in [0.4, 0.5) is 4.39 Å². The lowest BCUT2D eigenvalue weighted by atomic mass is 9.89. The van der Waals surface area contributed by atoms with E-state index in [4.69, 9.17) is 0 Å². The molecule has 1 aliphatic rings. The highest BCUT2D eigenvalue weighted by atomic mass is 19.1. The van der Waals surface area contributed by atoms with E-state index in [1.165, 1.54) is 12.4 Å². The summed E-state index contributed by atoms with van der Waals surface area (Å²) in [4.78, 5) is 25.7. The Kier molecular flexibility index (Phi) is 5.30. The zero-order valence-corrected chi connectivity index (χ0v) is 17.0. The van der Waals surface area contributed by atoms with E-state index in [1.54, 1.807) is 29.1 Å². The van der Waals surface area contributed by atoms with Gasteiger partial charge in [0.25, 0.3) is 5.56 Å². The van der Waals surface area contributed by atoms with E-state index in [2.05, 4.69) is 25.0 Å². The van der Waals surface area contributed by atoms with Gasteiger partial charge in [-0.15, -0.1) is 0 Å². The van der Waals surface area contributed by atoms with Crippen molar-refractivity contribution < 1.29 is 4.39 Å². The van der Waals surface area contributed by atoms with E-state index < -0.39 is 0 Å². The van der Waals surface area contributed by atoms with Gasteiger partial charge in [-0.3, -0.25) is 4.79 Å². The second kappa shape index (κ2) is 8.39. The summed E-state index contributed by atoms with van der Waals surface area (Å²) in [6.07, 6.45) is 9.73. The average molecular weight is 418 g/mol. The lowest BCUT2D eigenvalue weighted by Gasteiger charge is -2.32. The van der Waals surface area contributed by atoms with Gasteiger partial charge in [0.05, 0.1) is 17.9 Å². The van der Waals surface area contributed by atoms with Gasteiger partial charge in [0.1, 0.15) is 11.3 Å². The summed E-state index contributed by atoms with van der Waals surface area (Å²) in [5, 5.41) is 4.93. The molecule has 4 heterocycles. The highest BCUT2D eigenvalue weighted by Gasteiger charge is 2.21. The first-order valence-corrected chi connectivity index (χ1v) is 10.5. The van der Waals surface area contributed by atoms with Gasteiger partial charge >= 0.3 is 0 Å². The third-order valence-corrected chi connectivity index (χ3v) is 6.02. The Hall–Kier alpha value is -3.39. The number of hydrogen-bond acceptors (Lipinski definition) is 5. The van der Waals surface area contributed by atoms with Crippen LogP contribution in [0.5, 0.6) is 0 Å². The Morgan fingerprint density at radius 2 is 2.03 bits per heavy atom. The lowest BCUT2D eigenvalue weighted by Crippen LogP contribution is -2.34. The maximum absolute atomic E-state index is 13.5. The van der Waals surface area contributed by atoms with E-state index in [9.17, 15) is 9.18 Å². The Morgan fingerprint density at radius 3 is 2.87 bits per heavy atom. The monoisotopic (exact) mass is 418 g/mol. The number of piperidine rings is 1. The summed E-state index contributed by atoms with van der Waals surface area (Å²) in [6, 6.07) is 8.65. The molecule has 0 saturated carbocycles. The maximum atomic E-state index is 13.5. The normalized spacial score (nSPS) is 15.5. The minimum Gasteiger partial charge on any atom is -0.313 e. The smallest absolute Gasteiger partial charge is 0.258 e. The molecular weight excluding hydrogens is 395 g/mol. The van der Waals surface area contributed by atoms with Crippen LogP contribution in [-0.2, 0) is 6.42 Å². The summed E-state index contributed by atoms with van der Waals surface area (Å²) < 4.78 is 15.2. The molecule has 3 aromatic heterocycles. The van der Waals surface area contributed by atoms with Crippen molar-refractivity contribution in [3.63, 3.8) is 0 Å². The Bertz CT molecular complexity index is 1260. The first-order valence-electron chi connectivity index (χ1n) is 10.5. The molecule has 4 aromatic rings. The second-order valence-electron chi connectivity index (χ2n) is 7.98. The van der Waals surface area contributed by atoms with Crippen molar-refractivity contribution in [2.75, 3.05) is 19.6 Å². The first kappa shape index (κ1) is 19.6. The van der Waals surface area contributed by atoms with E-state index in [0.29, 0.717) is 22.6 Å². The highest BCUT2D eigenvalue weighted by molar-refractivity contribution is 5.83. The van der Waals surface area contributed by atoms with Gasteiger partial charge in [0.2, 0.25) is 0 Å². The van der Waals surface area contributed by atoms with Crippen LogP contribution >= 0.6 is 0 Å². The van der Waals surface area contributed by atoms with Crippen LogP contribution in [-0.4, -0.2) is 49.3 Å². The molecule has 0 bridgehead atoms. The molecule has 0 radical (unpaired) electrons. The molecule has 8 heteroatoms. The van der Waals surface area contributed by atoms with Gasteiger partial charge in [0.15, 0.2) is 5.82 Å². The van der Waals surface area contributed by atoms with Crippen molar-refractivity contribution in [3.05, 3.63) is 82.5 Å². The molecule has 1 fully saturated rings. The molecule has 1 saturated heterocycles. The highest BCUT2D eigenvalue weighted by Crippen LogP contribution is 2.28. The number of aromatic nitrogens is 5. The van der Waals surface area contributed by atoms with Gasteiger partial charge in [0, 0.05) is 18.9 Å². The van der Waals surface area contributed by atoms with E-state index in [1.807, 2.05) is 18.5 Å². The van der Waals surface area contributed by atoms with E-state index in [-0.39, 0.29) is 11.4 Å². The fourth-order valence-corrected chi connectivity index (χ4v) is 4.30. The van der Waals surface area contributed by atoms with Crippen molar-refractivity contribution >= 4 is 10.9 Å². The second-order valence-corrected chi connectivity index (χ2v) is 7.98. The number of pyridine rings is 1. The van der Waals surface area contributed by atoms with Crippen LogP contribution < -0.4 is 5.56 Å². The summed E-state index contributed by atoms with van der Waals surface area (Å²) in [5.74, 6) is 0.825. The summed E-state index contributed by atoms with van der Waals surface area (Å²) in [5.41, 5.74) is 2.55. The predicted molar refractivity (Wildman–Crippen MR) is 116 cm³/mol. The number of likely N-dealkylation sites (tertiary alicyclic amines) is 1. The first-order chi connectivity index (χ1) is 15.2. The molecule has 1 aliphatic heterocycles. The molecule has 1 N–H and O–H groups in total. The van der Waals surface area contributed by atoms with Gasteiger partial charge < -0.3 is 9.88 Å². The molecule has 0 amide bonds. The minimum absolute atomic E-state index is 0.155. The fourth-order valence-electron chi connectivity index (χ4n) is 4.30. The number of aromatic amines is 1. The summed E-state index contributed by atoms with van der Waals surface area (Å²) in [6.45, 7) is 2.96. The zero-order chi connectivity index (χ0) is 21.2. The molecular formula is C23H23FN6O. The van der Waals surface area contributed by atoms with Crippen molar-refractivity contribution in [1.82, 2.24) is 29.6 Å². The number of H-pyrrole nitrogens is 1.